The maximum atomic E-state index is 13.4. The van der Waals surface area contributed by atoms with Crippen LogP contribution in [0.4, 0.5) is 5.69 Å². The number of thioether (sulfide) groups is 1. The number of H-pyrrole nitrogens is 1. The second kappa shape index (κ2) is 10.3. The predicted octanol–water partition coefficient (Wildman–Crippen LogP) is 3.46. The maximum absolute atomic E-state index is 13.4. The van der Waals surface area contributed by atoms with Crippen molar-refractivity contribution in [3.05, 3.63) is 58.4 Å². The van der Waals surface area contributed by atoms with Crippen molar-refractivity contribution >= 4 is 29.3 Å². The SMILES string of the molecule is CCCCSc1n[n+]2c(c(=O)[nH]1)-c1ccccc1N(C(C)=O)[C@@H]2c1cc(OC)ccc1OC(C)=O. The molecule has 0 saturated heterocycles. The molecule has 0 spiro atoms. The van der Waals surface area contributed by atoms with Crippen LogP contribution in [-0.2, 0) is 9.59 Å². The van der Waals surface area contributed by atoms with Gasteiger partial charge in [-0.05, 0) is 41.4 Å². The van der Waals surface area contributed by atoms with Gasteiger partial charge in [0.2, 0.25) is 11.1 Å². The Morgan fingerprint density at radius 3 is 2.66 bits per heavy atom. The summed E-state index contributed by atoms with van der Waals surface area (Å²) in [6.45, 7) is 4.85. The number of methoxy groups -OCH3 is 1. The topological polar surface area (TPSA) is 105 Å². The number of unbranched alkanes of at least 4 members (excludes halogenated alkanes) is 1. The molecule has 2 heterocycles. The van der Waals surface area contributed by atoms with Gasteiger partial charge in [0, 0.05) is 24.7 Å². The first kappa shape index (κ1) is 24.5. The third-order valence-electron chi connectivity index (χ3n) is 5.58. The minimum atomic E-state index is -0.894. The van der Waals surface area contributed by atoms with Gasteiger partial charge < -0.3 is 9.47 Å². The van der Waals surface area contributed by atoms with E-state index in [9.17, 15) is 14.4 Å². The Hall–Kier alpha value is -3.66. The van der Waals surface area contributed by atoms with Gasteiger partial charge in [-0.15, -0.1) is 0 Å². The van der Waals surface area contributed by atoms with Gasteiger partial charge in [0.25, 0.3) is 6.17 Å². The van der Waals surface area contributed by atoms with E-state index in [1.165, 1.54) is 32.7 Å². The number of rotatable bonds is 7. The first-order valence-corrected chi connectivity index (χ1v) is 12.3. The Kier molecular flexibility index (Phi) is 7.20. The zero-order valence-corrected chi connectivity index (χ0v) is 20.8. The molecule has 182 valence electrons. The largest absolute Gasteiger partial charge is 0.497 e. The summed E-state index contributed by atoms with van der Waals surface area (Å²) in [4.78, 5) is 42.8. The molecule has 10 heteroatoms. The molecule has 0 saturated carbocycles. The van der Waals surface area contributed by atoms with E-state index in [1.54, 1.807) is 52.0 Å². The number of anilines is 1. The van der Waals surface area contributed by atoms with E-state index in [2.05, 4.69) is 11.9 Å². The molecule has 2 aromatic carbocycles. The number of carbonyl (C=O) groups excluding carboxylic acids is 2. The van der Waals surface area contributed by atoms with Gasteiger partial charge >= 0.3 is 17.2 Å². The molecule has 1 aliphatic rings. The van der Waals surface area contributed by atoms with Gasteiger partial charge in [-0.2, -0.15) is 0 Å². The van der Waals surface area contributed by atoms with Crippen molar-refractivity contribution in [2.24, 2.45) is 0 Å². The van der Waals surface area contributed by atoms with Gasteiger partial charge in [-0.25, -0.2) is 4.90 Å². The minimum Gasteiger partial charge on any atom is -0.497 e. The summed E-state index contributed by atoms with van der Waals surface area (Å²) < 4.78 is 12.5. The van der Waals surface area contributed by atoms with Crippen LogP contribution in [0.25, 0.3) is 11.3 Å². The first-order chi connectivity index (χ1) is 16.8. The number of nitrogens with one attached hydrogen (secondary N) is 1. The Bertz CT molecular complexity index is 1340. The standard InChI is InChI=1S/C25H26N4O5S/c1-5-6-13-35-25-26-23(32)22-18-9-7-8-10-20(18)28(15(2)30)24(29(22)27-25)19-14-17(33-4)11-12-21(19)34-16(3)31/h7-12,14,24H,5-6,13H2,1-4H3/p+1/t24-/m0/s1. The molecule has 1 N–H and O–H groups in total. The van der Waals surface area contributed by atoms with Crippen LogP contribution in [0.2, 0.25) is 0 Å². The van der Waals surface area contributed by atoms with Crippen molar-refractivity contribution < 1.29 is 23.7 Å². The van der Waals surface area contributed by atoms with Gasteiger partial charge in [0.05, 0.1) is 23.9 Å². The van der Waals surface area contributed by atoms with Crippen LogP contribution < -0.4 is 24.6 Å². The average Bonchev–Trinajstić information content (AvgIpc) is 2.83. The van der Waals surface area contributed by atoms with E-state index in [4.69, 9.17) is 14.6 Å². The van der Waals surface area contributed by atoms with Crippen LogP contribution in [0.1, 0.15) is 45.3 Å². The number of carbonyl (C=O) groups is 2. The minimum absolute atomic E-state index is 0.245. The van der Waals surface area contributed by atoms with Crippen molar-refractivity contribution in [1.29, 1.82) is 0 Å². The lowest BCUT2D eigenvalue weighted by molar-refractivity contribution is -0.763. The molecule has 1 atom stereocenters. The number of aromatic nitrogens is 3. The summed E-state index contributed by atoms with van der Waals surface area (Å²) in [5, 5.41) is 5.20. The molecule has 0 radical (unpaired) electrons. The first-order valence-electron chi connectivity index (χ1n) is 11.3. The van der Waals surface area contributed by atoms with E-state index >= 15 is 0 Å². The number of esters is 1. The molecular formula is C25H27N4O5S+. The monoisotopic (exact) mass is 495 g/mol. The lowest BCUT2D eigenvalue weighted by atomic mass is 10.0. The second-order valence-corrected chi connectivity index (χ2v) is 9.12. The Morgan fingerprint density at radius 1 is 1.20 bits per heavy atom. The summed E-state index contributed by atoms with van der Waals surface area (Å²) in [6.07, 6.45) is 1.09. The van der Waals surface area contributed by atoms with Crippen LogP contribution in [0.15, 0.2) is 52.4 Å². The number of benzene rings is 2. The van der Waals surface area contributed by atoms with Crippen molar-refractivity contribution in [3.63, 3.8) is 0 Å². The van der Waals surface area contributed by atoms with Crippen molar-refractivity contribution in [2.75, 3.05) is 17.8 Å². The lowest BCUT2D eigenvalue weighted by Gasteiger charge is -2.32. The van der Waals surface area contributed by atoms with E-state index in [0.717, 1.165) is 18.6 Å². The Morgan fingerprint density at radius 2 is 1.97 bits per heavy atom. The molecule has 35 heavy (non-hydrogen) atoms. The van der Waals surface area contributed by atoms with E-state index in [1.807, 2.05) is 0 Å². The zero-order valence-electron chi connectivity index (χ0n) is 20.0. The quantitative estimate of drug-likeness (QED) is 0.176. The number of fused-ring (bicyclic) bond motifs is 3. The van der Waals surface area contributed by atoms with E-state index < -0.39 is 12.1 Å². The number of hydrogen-bond donors (Lipinski definition) is 1. The number of aromatic amines is 1. The summed E-state index contributed by atoms with van der Waals surface area (Å²) in [6, 6.07) is 12.1. The molecule has 0 unspecified atom stereocenters. The lowest BCUT2D eigenvalue weighted by Crippen LogP contribution is -2.60. The summed E-state index contributed by atoms with van der Waals surface area (Å²) >= 11 is 1.44. The number of ether oxygens (including phenoxy) is 2. The normalized spacial score (nSPS) is 14.2. The Balaban J connectivity index is 2.03. The van der Waals surface area contributed by atoms with Gasteiger partial charge in [0.1, 0.15) is 11.5 Å². The third kappa shape index (κ3) is 4.79. The third-order valence-corrected chi connectivity index (χ3v) is 6.53. The maximum Gasteiger partial charge on any atom is 0.325 e. The van der Waals surface area contributed by atoms with Gasteiger partial charge in [-0.1, -0.05) is 37.2 Å². The fourth-order valence-electron chi connectivity index (χ4n) is 4.07. The van der Waals surface area contributed by atoms with Crippen LogP contribution in [0.5, 0.6) is 11.5 Å². The average molecular weight is 496 g/mol. The van der Waals surface area contributed by atoms with Crippen molar-refractivity contribution in [2.45, 2.75) is 44.9 Å². The van der Waals surface area contributed by atoms with E-state index in [0.29, 0.717) is 33.4 Å². The molecule has 0 bridgehead atoms. The number of amides is 1. The van der Waals surface area contributed by atoms with Crippen molar-refractivity contribution in [3.8, 4) is 22.8 Å². The Labute approximate surface area is 207 Å². The fourth-order valence-corrected chi connectivity index (χ4v) is 5.01. The highest BCUT2D eigenvalue weighted by Gasteiger charge is 2.46. The fraction of sp³-hybridized carbons (Fsp3) is 0.320. The van der Waals surface area contributed by atoms with Crippen LogP contribution in [0.3, 0.4) is 0 Å². The summed E-state index contributed by atoms with van der Waals surface area (Å²) in [7, 11) is 1.52. The summed E-state index contributed by atoms with van der Waals surface area (Å²) in [5.74, 6) is 0.757. The molecule has 1 aliphatic heterocycles. The van der Waals surface area contributed by atoms with E-state index in [-0.39, 0.29) is 17.2 Å². The molecule has 4 rings (SSSR count). The number of hydrogen-bond acceptors (Lipinski definition) is 7. The molecule has 9 nitrogen and oxygen atoms in total. The molecule has 0 aliphatic carbocycles. The summed E-state index contributed by atoms with van der Waals surface area (Å²) in [5.41, 5.74) is 1.57. The van der Waals surface area contributed by atoms with Crippen LogP contribution in [0, 0.1) is 0 Å². The zero-order chi connectivity index (χ0) is 25.1. The molecule has 3 aromatic rings. The highest BCUT2D eigenvalue weighted by atomic mass is 32.2. The number of para-hydroxylation sites is 1. The van der Waals surface area contributed by atoms with Gasteiger partial charge in [-0.3, -0.25) is 19.4 Å². The molecule has 1 amide bonds. The van der Waals surface area contributed by atoms with Crippen LogP contribution in [-0.4, -0.2) is 34.8 Å². The molecular weight excluding hydrogens is 468 g/mol. The molecule has 1 aromatic heterocycles. The molecule has 0 fully saturated rings. The van der Waals surface area contributed by atoms with Crippen LogP contribution >= 0.6 is 11.8 Å². The van der Waals surface area contributed by atoms with Crippen molar-refractivity contribution in [1.82, 2.24) is 10.1 Å². The van der Waals surface area contributed by atoms with Gasteiger partial charge in [0.15, 0.2) is 0 Å². The highest BCUT2D eigenvalue weighted by Crippen LogP contribution is 2.40. The predicted molar refractivity (Wildman–Crippen MR) is 132 cm³/mol. The smallest absolute Gasteiger partial charge is 0.325 e. The number of nitrogens with zero attached hydrogens (tertiary/aromatic N) is 3. The second-order valence-electron chi connectivity index (χ2n) is 8.03. The highest BCUT2D eigenvalue weighted by molar-refractivity contribution is 7.99.